The van der Waals surface area contributed by atoms with Crippen LogP contribution in [0.5, 0.6) is 0 Å². The van der Waals surface area contributed by atoms with Crippen LogP contribution in [0.25, 0.3) is 0 Å². The Labute approximate surface area is 130 Å². The largest absolute Gasteiger partial charge is 0.348 e. The van der Waals surface area contributed by atoms with Gasteiger partial charge in [-0.2, -0.15) is 0 Å². The van der Waals surface area contributed by atoms with E-state index in [0.29, 0.717) is 11.6 Å². The number of halogens is 1. The van der Waals surface area contributed by atoms with Crippen LogP contribution in [-0.2, 0) is 13.0 Å². The molecule has 0 aromatic heterocycles. The molecular weight excluding hydrogens is 284 g/mol. The van der Waals surface area contributed by atoms with Gasteiger partial charge >= 0.3 is 0 Å². The summed E-state index contributed by atoms with van der Waals surface area (Å²) in [6.45, 7) is 1.32. The lowest BCUT2D eigenvalue weighted by molar-refractivity contribution is 0.0950. The number of hydrogen-bond donors (Lipinski definition) is 2. The highest BCUT2D eigenvalue weighted by Crippen LogP contribution is 2.12. The van der Waals surface area contributed by atoms with Gasteiger partial charge < -0.3 is 10.6 Å². The molecule has 0 fully saturated rings. The lowest BCUT2D eigenvalue weighted by atomic mass is 10.0. The fraction of sp³-hybridized carbons (Fsp3) is 0.235. The first-order valence-electron chi connectivity index (χ1n) is 6.96. The smallest absolute Gasteiger partial charge is 0.251 e. The Bertz CT molecular complexity index is 613. The van der Waals surface area contributed by atoms with Crippen molar-refractivity contribution in [2.24, 2.45) is 0 Å². The van der Waals surface area contributed by atoms with E-state index in [4.69, 9.17) is 11.6 Å². The molecule has 0 aliphatic heterocycles. The molecule has 0 unspecified atom stereocenters. The first-order chi connectivity index (χ1) is 10.2. The molecule has 2 aromatic rings. The Balaban J connectivity index is 2.03. The number of benzene rings is 2. The Hall–Kier alpha value is -1.84. The van der Waals surface area contributed by atoms with Crippen molar-refractivity contribution < 1.29 is 4.79 Å². The van der Waals surface area contributed by atoms with Crippen LogP contribution in [0.2, 0.25) is 5.02 Å². The summed E-state index contributed by atoms with van der Waals surface area (Å²) in [6, 6.07) is 15.2. The van der Waals surface area contributed by atoms with Crippen LogP contribution in [0.1, 0.15) is 21.5 Å². The van der Waals surface area contributed by atoms with Crippen LogP contribution >= 0.6 is 11.6 Å². The second-order valence-corrected chi connectivity index (χ2v) is 5.26. The molecule has 0 aliphatic rings. The summed E-state index contributed by atoms with van der Waals surface area (Å²) in [5.41, 5.74) is 2.77. The number of carbonyl (C=O) groups excluding carboxylic acids is 1. The van der Waals surface area contributed by atoms with Gasteiger partial charge in [0.15, 0.2) is 0 Å². The van der Waals surface area contributed by atoms with E-state index in [1.165, 1.54) is 0 Å². The third kappa shape index (κ3) is 4.59. The predicted molar refractivity (Wildman–Crippen MR) is 86.7 cm³/mol. The fourth-order valence-electron chi connectivity index (χ4n) is 2.14. The summed E-state index contributed by atoms with van der Waals surface area (Å²) >= 11 is 5.94. The number of rotatable bonds is 6. The van der Waals surface area contributed by atoms with Crippen molar-refractivity contribution in [1.82, 2.24) is 10.6 Å². The minimum Gasteiger partial charge on any atom is -0.348 e. The highest BCUT2D eigenvalue weighted by atomic mass is 35.5. The van der Waals surface area contributed by atoms with E-state index in [2.05, 4.69) is 10.6 Å². The molecule has 0 bridgehead atoms. The van der Waals surface area contributed by atoms with E-state index in [-0.39, 0.29) is 5.91 Å². The Morgan fingerprint density at radius 2 is 1.95 bits per heavy atom. The summed E-state index contributed by atoms with van der Waals surface area (Å²) in [5, 5.41) is 6.72. The van der Waals surface area contributed by atoms with Crippen molar-refractivity contribution in [3.05, 3.63) is 70.2 Å². The third-order valence-corrected chi connectivity index (χ3v) is 3.48. The van der Waals surface area contributed by atoms with Gasteiger partial charge in [-0.05, 0) is 49.3 Å². The van der Waals surface area contributed by atoms with Gasteiger partial charge in [0, 0.05) is 17.1 Å². The molecule has 0 radical (unpaired) electrons. The van der Waals surface area contributed by atoms with E-state index in [9.17, 15) is 4.79 Å². The molecule has 0 aliphatic carbocycles. The summed E-state index contributed by atoms with van der Waals surface area (Å²) < 4.78 is 0. The van der Waals surface area contributed by atoms with Crippen LogP contribution in [0.3, 0.4) is 0 Å². The average Bonchev–Trinajstić information content (AvgIpc) is 2.51. The van der Waals surface area contributed by atoms with Crippen LogP contribution in [0.15, 0.2) is 48.5 Å². The lowest BCUT2D eigenvalue weighted by Crippen LogP contribution is -2.24. The first kappa shape index (κ1) is 15.5. The molecule has 2 rings (SSSR count). The monoisotopic (exact) mass is 302 g/mol. The minimum atomic E-state index is -0.0540. The molecular formula is C17H19ClN2O. The zero-order valence-electron chi connectivity index (χ0n) is 12.0. The van der Waals surface area contributed by atoms with Gasteiger partial charge in [-0.15, -0.1) is 0 Å². The van der Waals surface area contributed by atoms with Gasteiger partial charge in [0.1, 0.15) is 0 Å². The molecule has 0 atom stereocenters. The van der Waals surface area contributed by atoms with Crippen LogP contribution in [0.4, 0.5) is 0 Å². The molecule has 0 heterocycles. The standard InChI is InChI=1S/C17H19ClN2O/c1-19-10-9-14-6-2-3-8-16(14)17(21)20-12-13-5-4-7-15(18)11-13/h2-8,11,19H,9-10,12H2,1H3,(H,20,21). The van der Waals surface area contributed by atoms with E-state index in [0.717, 1.165) is 29.7 Å². The molecule has 1 amide bonds. The normalized spacial score (nSPS) is 10.4. The molecule has 2 N–H and O–H groups in total. The highest BCUT2D eigenvalue weighted by molar-refractivity contribution is 6.30. The molecule has 2 aromatic carbocycles. The maximum Gasteiger partial charge on any atom is 0.251 e. The van der Waals surface area contributed by atoms with Crippen molar-refractivity contribution in [2.75, 3.05) is 13.6 Å². The second kappa shape index (κ2) is 7.81. The van der Waals surface area contributed by atoms with Crippen molar-refractivity contribution in [2.45, 2.75) is 13.0 Å². The zero-order valence-corrected chi connectivity index (χ0v) is 12.8. The van der Waals surface area contributed by atoms with Gasteiger partial charge in [0.2, 0.25) is 0 Å². The van der Waals surface area contributed by atoms with Crippen LogP contribution < -0.4 is 10.6 Å². The molecule has 4 heteroatoms. The van der Waals surface area contributed by atoms with Crippen molar-refractivity contribution in [3.63, 3.8) is 0 Å². The van der Waals surface area contributed by atoms with E-state index in [1.54, 1.807) is 0 Å². The van der Waals surface area contributed by atoms with Crippen molar-refractivity contribution in [1.29, 1.82) is 0 Å². The predicted octanol–water partition coefficient (Wildman–Crippen LogP) is 3.03. The summed E-state index contributed by atoms with van der Waals surface area (Å²) in [5.74, 6) is -0.0540. The SMILES string of the molecule is CNCCc1ccccc1C(=O)NCc1cccc(Cl)c1. The van der Waals surface area contributed by atoms with Gasteiger partial charge in [0.25, 0.3) is 5.91 Å². The Kier molecular flexibility index (Phi) is 5.78. The summed E-state index contributed by atoms with van der Waals surface area (Å²) in [7, 11) is 1.90. The maximum atomic E-state index is 12.3. The number of carbonyl (C=O) groups is 1. The number of amides is 1. The molecule has 110 valence electrons. The fourth-order valence-corrected chi connectivity index (χ4v) is 2.36. The van der Waals surface area contributed by atoms with Crippen molar-refractivity contribution in [3.8, 4) is 0 Å². The quantitative estimate of drug-likeness (QED) is 0.861. The molecule has 0 spiro atoms. The number of hydrogen-bond acceptors (Lipinski definition) is 2. The van der Waals surface area contributed by atoms with Gasteiger partial charge in [-0.3, -0.25) is 4.79 Å². The number of likely N-dealkylation sites (N-methyl/N-ethyl adjacent to an activating group) is 1. The Morgan fingerprint density at radius 1 is 1.14 bits per heavy atom. The molecule has 3 nitrogen and oxygen atoms in total. The highest BCUT2D eigenvalue weighted by Gasteiger charge is 2.10. The maximum absolute atomic E-state index is 12.3. The van der Waals surface area contributed by atoms with Gasteiger partial charge in [0.05, 0.1) is 0 Å². The van der Waals surface area contributed by atoms with Crippen LogP contribution in [-0.4, -0.2) is 19.5 Å². The lowest BCUT2D eigenvalue weighted by Gasteiger charge is -2.10. The second-order valence-electron chi connectivity index (χ2n) is 4.82. The Morgan fingerprint density at radius 3 is 2.71 bits per heavy atom. The molecule has 0 saturated carbocycles. The number of nitrogens with one attached hydrogen (secondary N) is 2. The third-order valence-electron chi connectivity index (χ3n) is 3.25. The van der Waals surface area contributed by atoms with Crippen LogP contribution in [0, 0.1) is 0 Å². The average molecular weight is 303 g/mol. The van der Waals surface area contributed by atoms with E-state index in [1.807, 2.05) is 55.6 Å². The molecule has 21 heavy (non-hydrogen) atoms. The molecule has 0 saturated heterocycles. The zero-order chi connectivity index (χ0) is 15.1. The van der Waals surface area contributed by atoms with E-state index >= 15 is 0 Å². The van der Waals surface area contributed by atoms with Crippen molar-refractivity contribution >= 4 is 17.5 Å². The van der Waals surface area contributed by atoms with Gasteiger partial charge in [-0.25, -0.2) is 0 Å². The van der Waals surface area contributed by atoms with Gasteiger partial charge in [-0.1, -0.05) is 41.9 Å². The summed E-state index contributed by atoms with van der Waals surface area (Å²) in [4.78, 5) is 12.3. The topological polar surface area (TPSA) is 41.1 Å². The minimum absolute atomic E-state index is 0.0540. The first-order valence-corrected chi connectivity index (χ1v) is 7.33. The summed E-state index contributed by atoms with van der Waals surface area (Å²) in [6.07, 6.45) is 0.831. The van der Waals surface area contributed by atoms with E-state index < -0.39 is 0 Å².